The van der Waals surface area contributed by atoms with E-state index in [1.807, 2.05) is 31.2 Å². The number of nitrogens with zero attached hydrogens (tertiary/aromatic N) is 1. The summed E-state index contributed by atoms with van der Waals surface area (Å²) in [5.74, 6) is -0.899. The minimum atomic E-state index is -0.544. The van der Waals surface area contributed by atoms with Gasteiger partial charge in [0.05, 0.1) is 6.54 Å². The Bertz CT molecular complexity index is 814. The lowest BCUT2D eigenvalue weighted by atomic mass is 10.1. The summed E-state index contributed by atoms with van der Waals surface area (Å²) in [6.07, 6.45) is 1.62. The molecular formula is C18H15FN2O2. The normalized spacial score (nSPS) is 16.1. The third-order valence-corrected chi connectivity index (χ3v) is 3.60. The summed E-state index contributed by atoms with van der Waals surface area (Å²) in [6.45, 7) is 1.85. The summed E-state index contributed by atoms with van der Waals surface area (Å²) in [7, 11) is 0. The Balaban J connectivity index is 1.84. The smallest absolute Gasteiger partial charge is 0.303 e. The highest BCUT2D eigenvalue weighted by Gasteiger charge is 2.33. The van der Waals surface area contributed by atoms with Crippen LogP contribution in [-0.2, 0) is 11.3 Å². The lowest BCUT2D eigenvalue weighted by Crippen LogP contribution is -2.30. The van der Waals surface area contributed by atoms with Crippen LogP contribution in [-0.4, -0.2) is 16.8 Å². The Hall–Kier alpha value is -2.95. The number of imide groups is 1. The van der Waals surface area contributed by atoms with Gasteiger partial charge in [0.15, 0.2) is 0 Å². The van der Waals surface area contributed by atoms with Crippen LogP contribution in [0.2, 0.25) is 0 Å². The van der Waals surface area contributed by atoms with Gasteiger partial charge in [0.2, 0.25) is 0 Å². The van der Waals surface area contributed by atoms with E-state index in [1.165, 1.54) is 6.07 Å². The second-order valence-electron chi connectivity index (χ2n) is 5.39. The van der Waals surface area contributed by atoms with Crippen LogP contribution in [0.5, 0.6) is 0 Å². The molecular weight excluding hydrogens is 295 g/mol. The number of aryl methyl sites for hydroxylation is 1. The maximum atomic E-state index is 13.7. The Labute approximate surface area is 133 Å². The maximum Gasteiger partial charge on any atom is 0.329 e. The largest absolute Gasteiger partial charge is 0.329 e. The molecule has 2 aromatic carbocycles. The second kappa shape index (κ2) is 6.04. The number of carbonyl (C=O) groups is 2. The van der Waals surface area contributed by atoms with E-state index >= 15 is 0 Å². The van der Waals surface area contributed by atoms with Gasteiger partial charge < -0.3 is 5.32 Å². The molecule has 0 unspecified atom stereocenters. The van der Waals surface area contributed by atoms with E-state index in [0.717, 1.165) is 16.0 Å². The van der Waals surface area contributed by atoms with Crippen molar-refractivity contribution in [3.63, 3.8) is 0 Å². The summed E-state index contributed by atoms with van der Waals surface area (Å²) in [5, 5.41) is 2.54. The number of rotatable bonds is 3. The van der Waals surface area contributed by atoms with E-state index in [4.69, 9.17) is 0 Å². The molecule has 5 heteroatoms. The molecule has 0 radical (unpaired) electrons. The molecule has 1 fully saturated rings. The van der Waals surface area contributed by atoms with E-state index in [-0.39, 0.29) is 12.2 Å². The van der Waals surface area contributed by atoms with E-state index in [0.29, 0.717) is 5.56 Å². The van der Waals surface area contributed by atoms with Crippen molar-refractivity contribution in [2.75, 3.05) is 0 Å². The van der Waals surface area contributed by atoms with Gasteiger partial charge in [-0.3, -0.25) is 9.69 Å². The average Bonchev–Trinajstić information content (AvgIpc) is 2.77. The van der Waals surface area contributed by atoms with Crippen molar-refractivity contribution in [3.8, 4) is 0 Å². The number of carbonyl (C=O) groups excluding carboxylic acids is 2. The molecule has 3 rings (SSSR count). The van der Waals surface area contributed by atoms with Crippen LogP contribution in [0.1, 0.15) is 16.7 Å². The molecule has 23 heavy (non-hydrogen) atoms. The first-order valence-electron chi connectivity index (χ1n) is 7.19. The molecule has 0 aliphatic carbocycles. The Morgan fingerprint density at radius 2 is 1.91 bits per heavy atom. The zero-order valence-corrected chi connectivity index (χ0v) is 12.5. The van der Waals surface area contributed by atoms with Gasteiger partial charge >= 0.3 is 6.03 Å². The molecule has 0 aromatic heterocycles. The van der Waals surface area contributed by atoms with Gasteiger partial charge in [-0.25, -0.2) is 9.18 Å². The summed E-state index contributed by atoms with van der Waals surface area (Å²) in [4.78, 5) is 25.4. The molecule has 1 heterocycles. The third kappa shape index (κ3) is 3.13. The molecule has 0 bridgehead atoms. The van der Waals surface area contributed by atoms with Crippen molar-refractivity contribution in [2.24, 2.45) is 0 Å². The third-order valence-electron chi connectivity index (χ3n) is 3.60. The van der Waals surface area contributed by atoms with Gasteiger partial charge in [-0.2, -0.15) is 0 Å². The lowest BCUT2D eigenvalue weighted by molar-refractivity contribution is -0.123. The summed E-state index contributed by atoms with van der Waals surface area (Å²) in [5.41, 5.74) is 2.37. The van der Waals surface area contributed by atoms with E-state index < -0.39 is 17.8 Å². The maximum absolute atomic E-state index is 13.7. The molecule has 4 nitrogen and oxygen atoms in total. The number of hydrogen-bond acceptors (Lipinski definition) is 2. The molecule has 116 valence electrons. The van der Waals surface area contributed by atoms with Gasteiger partial charge in [0, 0.05) is 5.56 Å². The summed E-state index contributed by atoms with van der Waals surface area (Å²) >= 11 is 0. The topological polar surface area (TPSA) is 49.4 Å². The first kappa shape index (κ1) is 15.0. The molecule has 1 aliphatic rings. The number of hydrogen-bond donors (Lipinski definition) is 1. The number of benzene rings is 2. The summed E-state index contributed by atoms with van der Waals surface area (Å²) < 4.78 is 13.7. The fraction of sp³-hybridized carbons (Fsp3) is 0.111. The summed E-state index contributed by atoms with van der Waals surface area (Å²) in [6, 6.07) is 13.1. The van der Waals surface area contributed by atoms with Crippen molar-refractivity contribution in [3.05, 3.63) is 76.7 Å². The second-order valence-corrected chi connectivity index (χ2v) is 5.39. The van der Waals surface area contributed by atoms with Crippen molar-refractivity contribution in [1.29, 1.82) is 0 Å². The monoisotopic (exact) mass is 310 g/mol. The Kier molecular flexibility index (Phi) is 3.93. The number of nitrogens with one attached hydrogen (secondary N) is 1. The fourth-order valence-electron chi connectivity index (χ4n) is 2.44. The van der Waals surface area contributed by atoms with Gasteiger partial charge in [-0.1, -0.05) is 48.0 Å². The van der Waals surface area contributed by atoms with Crippen molar-refractivity contribution in [1.82, 2.24) is 10.2 Å². The number of amides is 3. The molecule has 3 amide bonds. The lowest BCUT2D eigenvalue weighted by Gasteiger charge is -2.12. The molecule has 0 spiro atoms. The van der Waals surface area contributed by atoms with E-state index in [2.05, 4.69) is 5.32 Å². The molecule has 2 aromatic rings. The first-order valence-corrected chi connectivity index (χ1v) is 7.19. The number of halogens is 1. The Morgan fingerprint density at radius 3 is 2.65 bits per heavy atom. The standard InChI is InChI=1S/C18H15FN2O2/c1-12-5-4-6-13(9-12)10-16-17(22)21(18(23)20-16)11-14-7-2-3-8-15(14)19/h2-10H,11H2,1H3,(H,20,23)/b16-10-. The van der Waals surface area contributed by atoms with Gasteiger partial charge in [-0.15, -0.1) is 0 Å². The zero-order valence-electron chi connectivity index (χ0n) is 12.5. The van der Waals surface area contributed by atoms with Crippen LogP contribution < -0.4 is 5.32 Å². The van der Waals surface area contributed by atoms with Gasteiger partial charge in [0.25, 0.3) is 5.91 Å². The van der Waals surface area contributed by atoms with Crippen molar-refractivity contribution in [2.45, 2.75) is 13.5 Å². The van der Waals surface area contributed by atoms with Crippen LogP contribution >= 0.6 is 0 Å². The van der Waals surface area contributed by atoms with E-state index in [1.54, 1.807) is 24.3 Å². The molecule has 0 saturated carbocycles. The van der Waals surface area contributed by atoms with E-state index in [9.17, 15) is 14.0 Å². The highest BCUT2D eigenvalue weighted by molar-refractivity contribution is 6.13. The van der Waals surface area contributed by atoms with Crippen LogP contribution in [0.4, 0.5) is 9.18 Å². The first-order chi connectivity index (χ1) is 11.0. The molecule has 1 aliphatic heterocycles. The fourth-order valence-corrected chi connectivity index (χ4v) is 2.44. The molecule has 1 saturated heterocycles. The highest BCUT2D eigenvalue weighted by atomic mass is 19.1. The van der Waals surface area contributed by atoms with Crippen LogP contribution in [0, 0.1) is 12.7 Å². The minimum Gasteiger partial charge on any atom is -0.303 e. The van der Waals surface area contributed by atoms with Gasteiger partial charge in [-0.05, 0) is 24.6 Å². The minimum absolute atomic E-state index is 0.0947. The average molecular weight is 310 g/mol. The quantitative estimate of drug-likeness (QED) is 0.699. The van der Waals surface area contributed by atoms with Gasteiger partial charge in [0.1, 0.15) is 11.5 Å². The SMILES string of the molecule is Cc1cccc(/C=C2\NC(=O)N(Cc3ccccc3F)C2=O)c1. The number of urea groups is 1. The predicted octanol–water partition coefficient (Wildman–Crippen LogP) is 3.23. The van der Waals surface area contributed by atoms with Crippen molar-refractivity contribution >= 4 is 18.0 Å². The van der Waals surface area contributed by atoms with Crippen LogP contribution in [0.25, 0.3) is 6.08 Å². The Morgan fingerprint density at radius 1 is 1.13 bits per heavy atom. The molecule has 1 N–H and O–H groups in total. The predicted molar refractivity (Wildman–Crippen MR) is 84.6 cm³/mol. The van der Waals surface area contributed by atoms with Crippen LogP contribution in [0.3, 0.4) is 0 Å². The van der Waals surface area contributed by atoms with Crippen molar-refractivity contribution < 1.29 is 14.0 Å². The van der Waals surface area contributed by atoms with Crippen LogP contribution in [0.15, 0.2) is 54.2 Å². The molecule has 0 atom stereocenters. The highest BCUT2D eigenvalue weighted by Crippen LogP contribution is 2.18. The zero-order chi connectivity index (χ0) is 16.4.